The summed E-state index contributed by atoms with van der Waals surface area (Å²) in [6.45, 7) is 3.15. The molecule has 2 rings (SSSR count). The first-order chi connectivity index (χ1) is 12.0. The number of carbonyl (C=O) groups excluding carboxylic acids is 3. The number of hydrazone groups is 1. The number of ether oxygens (including phenoxy) is 1. The molecule has 1 aromatic rings. The zero-order valence-electron chi connectivity index (χ0n) is 13.8. The Hall–Kier alpha value is -2.45. The van der Waals surface area contributed by atoms with Crippen LogP contribution in [0.5, 0.6) is 0 Å². The zero-order valence-corrected chi connectivity index (χ0v) is 14.5. The number of morpholine rings is 1. The molecule has 8 nitrogen and oxygen atoms in total. The van der Waals surface area contributed by atoms with Gasteiger partial charge in [0.25, 0.3) is 0 Å². The van der Waals surface area contributed by atoms with Gasteiger partial charge in [0.05, 0.1) is 19.6 Å². The quantitative estimate of drug-likeness (QED) is 0.472. The molecule has 3 amide bonds. The van der Waals surface area contributed by atoms with Crippen molar-refractivity contribution in [3.63, 3.8) is 0 Å². The van der Waals surface area contributed by atoms with E-state index in [1.165, 1.54) is 4.90 Å². The molecular formula is C16H19ClN4O4. The molecule has 0 atom stereocenters. The molecule has 0 saturated carbocycles. The normalized spacial score (nSPS) is 14.8. The molecular weight excluding hydrogens is 348 g/mol. The van der Waals surface area contributed by atoms with E-state index in [0.717, 1.165) is 0 Å². The first-order valence-corrected chi connectivity index (χ1v) is 8.09. The van der Waals surface area contributed by atoms with Crippen molar-refractivity contribution >= 4 is 40.7 Å². The van der Waals surface area contributed by atoms with Crippen LogP contribution in [0.1, 0.15) is 13.3 Å². The second kappa shape index (κ2) is 9.14. The van der Waals surface area contributed by atoms with Crippen LogP contribution in [0.3, 0.4) is 0 Å². The number of nitrogens with zero attached hydrogens (tertiary/aromatic N) is 2. The lowest BCUT2D eigenvalue weighted by molar-refractivity contribution is -0.148. The van der Waals surface area contributed by atoms with Crippen LogP contribution in [0.15, 0.2) is 29.4 Å². The highest BCUT2D eigenvalue weighted by atomic mass is 35.5. The Kier molecular flexibility index (Phi) is 6.91. The Morgan fingerprint density at radius 2 is 1.84 bits per heavy atom. The summed E-state index contributed by atoms with van der Waals surface area (Å²) >= 11 is 5.78. The summed E-state index contributed by atoms with van der Waals surface area (Å²) in [7, 11) is 0. The number of rotatable bonds is 4. The highest BCUT2D eigenvalue weighted by Gasteiger charge is 2.23. The molecule has 1 aliphatic heterocycles. The van der Waals surface area contributed by atoms with Gasteiger partial charge in [-0.25, -0.2) is 5.43 Å². The summed E-state index contributed by atoms with van der Waals surface area (Å²) in [4.78, 5) is 37.0. The van der Waals surface area contributed by atoms with Gasteiger partial charge in [0.1, 0.15) is 0 Å². The average Bonchev–Trinajstić information content (AvgIpc) is 2.61. The second-order valence-corrected chi connectivity index (χ2v) is 5.86. The Bertz CT molecular complexity index is 669. The minimum Gasteiger partial charge on any atom is -0.378 e. The third-order valence-electron chi connectivity index (χ3n) is 3.39. The minimum absolute atomic E-state index is 0.0192. The Morgan fingerprint density at radius 3 is 2.48 bits per heavy atom. The monoisotopic (exact) mass is 366 g/mol. The maximum Gasteiger partial charge on any atom is 0.329 e. The van der Waals surface area contributed by atoms with Crippen molar-refractivity contribution in [1.82, 2.24) is 10.3 Å². The van der Waals surface area contributed by atoms with E-state index in [1.54, 1.807) is 31.2 Å². The summed E-state index contributed by atoms with van der Waals surface area (Å²) in [5, 5.41) is 7.05. The van der Waals surface area contributed by atoms with Gasteiger partial charge in [-0.1, -0.05) is 11.6 Å². The number of halogens is 1. The van der Waals surface area contributed by atoms with Crippen LogP contribution in [-0.4, -0.2) is 54.6 Å². The lowest BCUT2D eigenvalue weighted by atomic mass is 10.2. The van der Waals surface area contributed by atoms with Crippen LogP contribution in [0.2, 0.25) is 5.02 Å². The Balaban J connectivity index is 1.79. The van der Waals surface area contributed by atoms with Gasteiger partial charge < -0.3 is 15.0 Å². The Morgan fingerprint density at radius 1 is 1.20 bits per heavy atom. The fourth-order valence-corrected chi connectivity index (χ4v) is 2.24. The third-order valence-corrected chi connectivity index (χ3v) is 3.64. The lowest BCUT2D eigenvalue weighted by Crippen LogP contribution is -2.47. The van der Waals surface area contributed by atoms with Crippen LogP contribution in [0.4, 0.5) is 5.69 Å². The maximum atomic E-state index is 11.9. The molecule has 1 saturated heterocycles. The molecule has 25 heavy (non-hydrogen) atoms. The Labute approximate surface area is 150 Å². The van der Waals surface area contributed by atoms with Gasteiger partial charge in [0, 0.05) is 29.5 Å². The highest BCUT2D eigenvalue weighted by molar-refractivity contribution is 6.35. The largest absolute Gasteiger partial charge is 0.378 e. The summed E-state index contributed by atoms with van der Waals surface area (Å²) in [6, 6.07) is 6.68. The van der Waals surface area contributed by atoms with Gasteiger partial charge in [-0.15, -0.1) is 0 Å². The number of hydrogen-bond acceptors (Lipinski definition) is 5. The van der Waals surface area contributed by atoms with E-state index in [2.05, 4.69) is 15.8 Å². The van der Waals surface area contributed by atoms with Crippen LogP contribution in [0, 0.1) is 0 Å². The van der Waals surface area contributed by atoms with Gasteiger partial charge in [0.2, 0.25) is 5.91 Å². The van der Waals surface area contributed by atoms with Crippen molar-refractivity contribution in [3.05, 3.63) is 29.3 Å². The maximum absolute atomic E-state index is 11.9. The molecule has 0 radical (unpaired) electrons. The van der Waals surface area contributed by atoms with Gasteiger partial charge in [0.15, 0.2) is 0 Å². The fraction of sp³-hybridized carbons (Fsp3) is 0.375. The minimum atomic E-state index is -0.834. The first-order valence-electron chi connectivity index (χ1n) is 7.71. The topological polar surface area (TPSA) is 100 Å². The molecule has 0 aromatic heterocycles. The van der Waals surface area contributed by atoms with Crippen molar-refractivity contribution in [2.75, 3.05) is 31.6 Å². The second-order valence-electron chi connectivity index (χ2n) is 5.42. The van der Waals surface area contributed by atoms with Crippen molar-refractivity contribution in [2.45, 2.75) is 13.3 Å². The summed E-state index contributed by atoms with van der Waals surface area (Å²) < 4.78 is 5.12. The molecule has 0 aliphatic carbocycles. The van der Waals surface area contributed by atoms with Gasteiger partial charge in [-0.3, -0.25) is 14.4 Å². The predicted octanol–water partition coefficient (Wildman–Crippen LogP) is 1.02. The van der Waals surface area contributed by atoms with Gasteiger partial charge in [-0.05, 0) is 31.2 Å². The molecule has 0 spiro atoms. The van der Waals surface area contributed by atoms with E-state index in [-0.39, 0.29) is 12.3 Å². The summed E-state index contributed by atoms with van der Waals surface area (Å²) in [5.74, 6) is -1.79. The van der Waals surface area contributed by atoms with E-state index in [1.807, 2.05) is 0 Å². The van der Waals surface area contributed by atoms with E-state index in [0.29, 0.717) is 42.7 Å². The molecule has 9 heteroatoms. The predicted molar refractivity (Wildman–Crippen MR) is 93.3 cm³/mol. The van der Waals surface area contributed by atoms with Gasteiger partial charge >= 0.3 is 11.8 Å². The molecule has 1 fully saturated rings. The molecule has 134 valence electrons. The van der Waals surface area contributed by atoms with E-state index < -0.39 is 11.8 Å². The van der Waals surface area contributed by atoms with Crippen LogP contribution in [-0.2, 0) is 19.1 Å². The average molecular weight is 367 g/mol. The number of anilines is 1. The number of benzene rings is 1. The number of carbonyl (C=O) groups is 3. The van der Waals surface area contributed by atoms with Crippen LogP contribution < -0.4 is 10.7 Å². The van der Waals surface area contributed by atoms with Gasteiger partial charge in [-0.2, -0.15) is 5.10 Å². The number of nitrogens with one attached hydrogen (secondary N) is 2. The summed E-state index contributed by atoms with van der Waals surface area (Å²) in [6.07, 6.45) is -0.0192. The number of amides is 3. The standard InChI is InChI=1S/C16H19ClN4O4/c1-11(10-14(22)18-13-4-2-12(17)3-5-13)19-20-15(23)16(24)21-6-8-25-9-7-21/h2-5H,6-10H2,1H3,(H,18,22)(H,20,23)/b19-11+. The molecule has 1 heterocycles. The van der Waals surface area contributed by atoms with Crippen molar-refractivity contribution < 1.29 is 19.1 Å². The fourth-order valence-electron chi connectivity index (χ4n) is 2.11. The van der Waals surface area contributed by atoms with E-state index in [4.69, 9.17) is 16.3 Å². The van der Waals surface area contributed by atoms with Crippen LogP contribution in [0.25, 0.3) is 0 Å². The van der Waals surface area contributed by atoms with E-state index >= 15 is 0 Å². The number of hydrogen-bond donors (Lipinski definition) is 2. The lowest BCUT2D eigenvalue weighted by Gasteiger charge is -2.25. The molecule has 0 bridgehead atoms. The third kappa shape index (κ3) is 6.17. The molecule has 1 aromatic carbocycles. The smallest absolute Gasteiger partial charge is 0.329 e. The molecule has 0 unspecified atom stereocenters. The van der Waals surface area contributed by atoms with Crippen molar-refractivity contribution in [2.24, 2.45) is 5.10 Å². The first kappa shape index (κ1) is 18.9. The SMILES string of the molecule is C/C(CC(=O)Nc1ccc(Cl)cc1)=N\NC(=O)C(=O)N1CCOCC1. The van der Waals surface area contributed by atoms with Crippen molar-refractivity contribution in [3.8, 4) is 0 Å². The zero-order chi connectivity index (χ0) is 18.2. The van der Waals surface area contributed by atoms with E-state index in [9.17, 15) is 14.4 Å². The van der Waals surface area contributed by atoms with Crippen LogP contribution >= 0.6 is 11.6 Å². The van der Waals surface area contributed by atoms with Crippen molar-refractivity contribution in [1.29, 1.82) is 0 Å². The summed E-state index contributed by atoms with van der Waals surface area (Å²) in [5.41, 5.74) is 3.15. The molecule has 2 N–H and O–H groups in total. The molecule has 1 aliphatic rings. The highest BCUT2D eigenvalue weighted by Crippen LogP contribution is 2.13.